The van der Waals surface area contributed by atoms with Crippen LogP contribution in [0.4, 0.5) is 0 Å². The van der Waals surface area contributed by atoms with E-state index in [9.17, 15) is 8.42 Å². The number of hydrogen-bond acceptors (Lipinski definition) is 2. The van der Waals surface area contributed by atoms with Crippen LogP contribution in [-0.2, 0) is 16.6 Å². The van der Waals surface area contributed by atoms with Crippen molar-refractivity contribution in [1.29, 1.82) is 0 Å². The van der Waals surface area contributed by atoms with E-state index in [4.69, 9.17) is 0 Å². The lowest BCUT2D eigenvalue weighted by molar-refractivity contribution is 0.463. The minimum absolute atomic E-state index is 0.321. The molecule has 0 spiro atoms. The molecule has 5 heteroatoms. The highest BCUT2D eigenvalue weighted by atomic mass is 32.2. The first-order chi connectivity index (χ1) is 8.50. The Morgan fingerprint density at radius 1 is 1.17 bits per heavy atom. The Balaban J connectivity index is 2.22. The first kappa shape index (κ1) is 12.9. The lowest BCUT2D eigenvalue weighted by Gasteiger charge is -2.16. The highest BCUT2D eigenvalue weighted by Gasteiger charge is 2.20. The SMILES string of the molecule is Cc1ccc(S(=O)(=O)N(C)Cc2ccc[nH]2)cc1. The lowest BCUT2D eigenvalue weighted by atomic mass is 10.2. The predicted molar refractivity (Wildman–Crippen MR) is 70.6 cm³/mol. The highest BCUT2D eigenvalue weighted by molar-refractivity contribution is 7.89. The van der Waals surface area contributed by atoms with Crippen LogP contribution < -0.4 is 0 Å². The number of aryl methyl sites for hydroxylation is 1. The van der Waals surface area contributed by atoms with Gasteiger partial charge in [-0.2, -0.15) is 4.31 Å². The summed E-state index contributed by atoms with van der Waals surface area (Å²) in [5.74, 6) is 0. The monoisotopic (exact) mass is 264 g/mol. The van der Waals surface area contributed by atoms with Gasteiger partial charge in [-0.15, -0.1) is 0 Å². The summed E-state index contributed by atoms with van der Waals surface area (Å²) in [7, 11) is -1.84. The number of hydrogen-bond donors (Lipinski definition) is 1. The molecule has 1 aromatic heterocycles. The first-order valence-electron chi connectivity index (χ1n) is 5.65. The van der Waals surface area contributed by atoms with Crippen molar-refractivity contribution in [2.75, 3.05) is 7.05 Å². The normalized spacial score (nSPS) is 11.9. The molecule has 18 heavy (non-hydrogen) atoms. The average molecular weight is 264 g/mol. The molecule has 0 aliphatic carbocycles. The van der Waals surface area contributed by atoms with E-state index in [1.165, 1.54) is 4.31 Å². The maximum Gasteiger partial charge on any atom is 0.243 e. The third-order valence-corrected chi connectivity index (χ3v) is 4.60. The van der Waals surface area contributed by atoms with Gasteiger partial charge < -0.3 is 4.98 Å². The average Bonchev–Trinajstić information content (AvgIpc) is 2.82. The fraction of sp³-hybridized carbons (Fsp3) is 0.231. The Morgan fingerprint density at radius 2 is 1.83 bits per heavy atom. The minimum atomic E-state index is -3.42. The molecule has 0 bridgehead atoms. The number of aromatic nitrogens is 1. The quantitative estimate of drug-likeness (QED) is 0.920. The van der Waals surface area contributed by atoms with Gasteiger partial charge >= 0.3 is 0 Å². The van der Waals surface area contributed by atoms with Gasteiger partial charge in [-0.25, -0.2) is 8.42 Å². The first-order valence-corrected chi connectivity index (χ1v) is 7.09. The summed E-state index contributed by atoms with van der Waals surface area (Å²) in [4.78, 5) is 3.32. The summed E-state index contributed by atoms with van der Waals surface area (Å²) in [6.45, 7) is 2.27. The molecular weight excluding hydrogens is 248 g/mol. The molecule has 0 aliphatic rings. The predicted octanol–water partition coefficient (Wildman–Crippen LogP) is 2.14. The Bertz CT molecular complexity index is 601. The molecule has 1 aromatic carbocycles. The van der Waals surface area contributed by atoms with Gasteiger partial charge in [0, 0.05) is 18.9 Å². The van der Waals surface area contributed by atoms with E-state index >= 15 is 0 Å². The van der Waals surface area contributed by atoms with Crippen LogP contribution in [0.1, 0.15) is 11.3 Å². The fourth-order valence-corrected chi connectivity index (χ4v) is 2.83. The van der Waals surface area contributed by atoms with E-state index in [2.05, 4.69) is 4.98 Å². The molecular formula is C13H16N2O2S. The Kier molecular flexibility index (Phi) is 3.54. The van der Waals surface area contributed by atoms with Gasteiger partial charge in [0.05, 0.1) is 11.4 Å². The van der Waals surface area contributed by atoms with Crippen molar-refractivity contribution in [3.05, 3.63) is 53.9 Å². The molecule has 4 nitrogen and oxygen atoms in total. The number of aromatic amines is 1. The summed E-state index contributed by atoms with van der Waals surface area (Å²) in [5.41, 5.74) is 1.91. The molecule has 0 radical (unpaired) electrons. The molecule has 0 aliphatic heterocycles. The third-order valence-electron chi connectivity index (χ3n) is 2.78. The van der Waals surface area contributed by atoms with Crippen molar-refractivity contribution < 1.29 is 8.42 Å². The lowest BCUT2D eigenvalue weighted by Crippen LogP contribution is -2.26. The standard InChI is InChI=1S/C13H16N2O2S/c1-11-5-7-13(8-6-11)18(16,17)15(2)10-12-4-3-9-14-12/h3-9,14H,10H2,1-2H3. The van der Waals surface area contributed by atoms with E-state index in [-0.39, 0.29) is 0 Å². The number of rotatable bonds is 4. The largest absolute Gasteiger partial charge is 0.364 e. The van der Waals surface area contributed by atoms with Crippen molar-refractivity contribution in [3.8, 4) is 0 Å². The molecule has 0 amide bonds. The van der Waals surface area contributed by atoms with Crippen molar-refractivity contribution in [2.45, 2.75) is 18.4 Å². The van der Waals surface area contributed by atoms with Gasteiger partial charge in [0.2, 0.25) is 10.0 Å². The van der Waals surface area contributed by atoms with Gasteiger partial charge in [0.1, 0.15) is 0 Å². The van der Waals surface area contributed by atoms with Crippen LogP contribution in [-0.4, -0.2) is 24.8 Å². The van der Waals surface area contributed by atoms with Crippen LogP contribution in [0.2, 0.25) is 0 Å². The van der Waals surface area contributed by atoms with Crippen molar-refractivity contribution >= 4 is 10.0 Å². The molecule has 0 atom stereocenters. The molecule has 1 heterocycles. The van der Waals surface area contributed by atoms with E-state index in [0.717, 1.165) is 11.3 Å². The smallest absolute Gasteiger partial charge is 0.243 e. The Morgan fingerprint density at radius 3 is 2.39 bits per heavy atom. The van der Waals surface area contributed by atoms with Crippen LogP contribution in [0, 0.1) is 6.92 Å². The summed E-state index contributed by atoms with van der Waals surface area (Å²) in [5, 5.41) is 0. The van der Waals surface area contributed by atoms with Crippen LogP contribution in [0.3, 0.4) is 0 Å². The maximum atomic E-state index is 12.3. The number of sulfonamides is 1. The Labute approximate surface area is 107 Å². The van der Waals surface area contributed by atoms with Gasteiger partial charge in [-0.3, -0.25) is 0 Å². The summed E-state index contributed by atoms with van der Waals surface area (Å²) >= 11 is 0. The third kappa shape index (κ3) is 2.63. The van der Waals surface area contributed by atoms with Crippen LogP contribution in [0.25, 0.3) is 0 Å². The van der Waals surface area contributed by atoms with E-state index in [0.29, 0.717) is 11.4 Å². The molecule has 0 saturated heterocycles. The summed E-state index contributed by atoms with van der Waals surface area (Å²) in [6.07, 6.45) is 1.78. The minimum Gasteiger partial charge on any atom is -0.364 e. The number of benzene rings is 1. The van der Waals surface area contributed by atoms with Crippen LogP contribution >= 0.6 is 0 Å². The van der Waals surface area contributed by atoms with Crippen molar-refractivity contribution in [2.24, 2.45) is 0 Å². The zero-order valence-corrected chi connectivity index (χ0v) is 11.2. The second-order valence-corrected chi connectivity index (χ2v) is 6.31. The molecule has 0 saturated carbocycles. The number of nitrogens with zero attached hydrogens (tertiary/aromatic N) is 1. The molecule has 96 valence electrons. The molecule has 1 N–H and O–H groups in total. The molecule has 0 fully saturated rings. The Hall–Kier alpha value is -1.59. The van der Waals surface area contributed by atoms with Crippen molar-refractivity contribution in [3.63, 3.8) is 0 Å². The fourth-order valence-electron chi connectivity index (χ4n) is 1.68. The summed E-state index contributed by atoms with van der Waals surface area (Å²) < 4.78 is 25.9. The van der Waals surface area contributed by atoms with E-state index < -0.39 is 10.0 Å². The summed E-state index contributed by atoms with van der Waals surface area (Å²) in [6, 6.07) is 10.6. The second-order valence-electron chi connectivity index (χ2n) is 4.27. The van der Waals surface area contributed by atoms with Crippen molar-refractivity contribution in [1.82, 2.24) is 9.29 Å². The maximum absolute atomic E-state index is 12.3. The van der Waals surface area contributed by atoms with Gasteiger partial charge in [0.25, 0.3) is 0 Å². The van der Waals surface area contributed by atoms with E-state index in [1.54, 1.807) is 37.5 Å². The van der Waals surface area contributed by atoms with Gasteiger partial charge in [0.15, 0.2) is 0 Å². The molecule has 2 aromatic rings. The van der Waals surface area contributed by atoms with Gasteiger partial charge in [-0.05, 0) is 31.2 Å². The topological polar surface area (TPSA) is 53.2 Å². The van der Waals surface area contributed by atoms with Crippen LogP contribution in [0.5, 0.6) is 0 Å². The zero-order chi connectivity index (χ0) is 13.2. The van der Waals surface area contributed by atoms with Gasteiger partial charge in [-0.1, -0.05) is 17.7 Å². The van der Waals surface area contributed by atoms with Crippen LogP contribution in [0.15, 0.2) is 47.5 Å². The number of nitrogens with one attached hydrogen (secondary N) is 1. The van der Waals surface area contributed by atoms with E-state index in [1.807, 2.05) is 19.1 Å². The second kappa shape index (κ2) is 4.96. The highest BCUT2D eigenvalue weighted by Crippen LogP contribution is 2.16. The molecule has 2 rings (SSSR count). The zero-order valence-electron chi connectivity index (χ0n) is 10.4. The molecule has 0 unspecified atom stereocenters. The number of H-pyrrole nitrogens is 1.